The van der Waals surface area contributed by atoms with Crippen LogP contribution in [0.1, 0.15) is 40.0 Å². The number of esters is 1. The molecule has 0 heterocycles. The van der Waals surface area contributed by atoms with Gasteiger partial charge in [0, 0.05) is 6.42 Å². The fraction of sp³-hybridized carbons (Fsp3) is 0.800. The van der Waals surface area contributed by atoms with E-state index in [2.05, 4.69) is 4.74 Å². The number of hydrogen-bond acceptors (Lipinski definition) is 3. The number of carbonyl (C=O) groups excluding carboxylic acids is 2. The van der Waals surface area contributed by atoms with Crippen molar-refractivity contribution in [2.75, 3.05) is 6.61 Å². The van der Waals surface area contributed by atoms with E-state index in [9.17, 15) is 9.59 Å². The third-order valence-corrected chi connectivity index (χ3v) is 1.92. The summed E-state index contributed by atoms with van der Waals surface area (Å²) in [6, 6.07) is 0. The summed E-state index contributed by atoms with van der Waals surface area (Å²) in [5.74, 6) is -0.0643. The van der Waals surface area contributed by atoms with Crippen molar-refractivity contribution in [2.24, 2.45) is 5.92 Å². The molecule has 0 saturated heterocycles. The molecule has 0 aromatic rings. The van der Waals surface area contributed by atoms with E-state index in [1.54, 1.807) is 6.92 Å². The van der Waals surface area contributed by atoms with Gasteiger partial charge in [-0.1, -0.05) is 20.3 Å². The number of hydrogen-bond donors (Lipinski definition) is 0. The van der Waals surface area contributed by atoms with Crippen molar-refractivity contribution in [3.05, 3.63) is 0 Å². The van der Waals surface area contributed by atoms with Gasteiger partial charge in [-0.25, -0.2) is 0 Å². The maximum atomic E-state index is 11.2. The molecule has 0 radical (unpaired) electrons. The van der Waals surface area contributed by atoms with Crippen molar-refractivity contribution in [2.45, 2.75) is 40.0 Å². The molecule has 1 atom stereocenters. The Bertz CT molecular complexity index is 175. The summed E-state index contributed by atoms with van der Waals surface area (Å²) in [5, 5.41) is 0. The second-order valence-electron chi connectivity index (χ2n) is 3.24. The second-order valence-corrected chi connectivity index (χ2v) is 3.24. The van der Waals surface area contributed by atoms with E-state index in [-0.39, 0.29) is 12.2 Å². The Morgan fingerprint density at radius 3 is 2.38 bits per heavy atom. The van der Waals surface area contributed by atoms with E-state index in [0.29, 0.717) is 18.9 Å². The third kappa shape index (κ3) is 6.31. The molecule has 13 heavy (non-hydrogen) atoms. The predicted octanol–water partition coefficient (Wildman–Crippen LogP) is 1.94. The largest absolute Gasteiger partial charge is 0.466 e. The van der Waals surface area contributed by atoms with Gasteiger partial charge in [0.15, 0.2) is 0 Å². The molecular formula is C10H18O3. The quantitative estimate of drug-likeness (QED) is 0.470. The summed E-state index contributed by atoms with van der Waals surface area (Å²) in [6.07, 6.45) is 1.38. The van der Waals surface area contributed by atoms with Gasteiger partial charge in [-0.15, -0.1) is 0 Å². The summed E-state index contributed by atoms with van der Waals surface area (Å²) >= 11 is 0. The maximum Gasteiger partial charge on any atom is 0.313 e. The minimum atomic E-state index is -0.407. The molecule has 76 valence electrons. The first kappa shape index (κ1) is 12.1. The average Bonchev–Trinajstić information content (AvgIpc) is 2.04. The second kappa shape index (κ2) is 6.63. The normalized spacial score (nSPS) is 12.2. The minimum Gasteiger partial charge on any atom is -0.466 e. The lowest BCUT2D eigenvalue weighted by Gasteiger charge is -2.06. The third-order valence-electron chi connectivity index (χ3n) is 1.92. The molecule has 0 amide bonds. The van der Waals surface area contributed by atoms with Gasteiger partial charge in [-0.3, -0.25) is 9.59 Å². The lowest BCUT2D eigenvalue weighted by molar-refractivity contribution is -0.145. The van der Waals surface area contributed by atoms with Crippen LogP contribution in [0.2, 0.25) is 0 Å². The number of carbonyl (C=O) groups is 2. The lowest BCUT2D eigenvalue weighted by atomic mass is 10.0. The molecule has 0 N–H and O–H groups in total. The fourth-order valence-corrected chi connectivity index (χ4v) is 0.978. The molecule has 0 bridgehead atoms. The lowest BCUT2D eigenvalue weighted by Crippen LogP contribution is -2.13. The summed E-state index contributed by atoms with van der Waals surface area (Å²) in [6.45, 7) is 6.11. The van der Waals surface area contributed by atoms with Crippen molar-refractivity contribution >= 4 is 11.8 Å². The van der Waals surface area contributed by atoms with E-state index in [0.717, 1.165) is 6.42 Å². The Morgan fingerprint density at radius 2 is 1.92 bits per heavy atom. The van der Waals surface area contributed by atoms with Crippen molar-refractivity contribution in [3.8, 4) is 0 Å². The van der Waals surface area contributed by atoms with Gasteiger partial charge in [-0.05, 0) is 12.8 Å². The van der Waals surface area contributed by atoms with Gasteiger partial charge in [0.1, 0.15) is 12.2 Å². The number of ketones is 1. The van der Waals surface area contributed by atoms with Gasteiger partial charge >= 0.3 is 5.97 Å². The molecule has 0 fully saturated rings. The monoisotopic (exact) mass is 186 g/mol. The zero-order chi connectivity index (χ0) is 10.3. The predicted molar refractivity (Wildman–Crippen MR) is 50.3 cm³/mol. The Hall–Kier alpha value is -0.860. The molecule has 0 aliphatic rings. The zero-order valence-corrected chi connectivity index (χ0v) is 8.63. The Morgan fingerprint density at radius 1 is 1.31 bits per heavy atom. The van der Waals surface area contributed by atoms with Gasteiger partial charge in [0.05, 0.1) is 6.61 Å². The highest BCUT2D eigenvalue weighted by molar-refractivity contribution is 5.95. The van der Waals surface area contributed by atoms with Crippen LogP contribution in [0.3, 0.4) is 0 Å². The number of Topliss-reactive ketones (excluding diaryl/α,β-unsaturated/α-hetero) is 1. The van der Waals surface area contributed by atoms with Crippen LogP contribution in [-0.4, -0.2) is 18.4 Å². The van der Waals surface area contributed by atoms with Crippen molar-refractivity contribution in [1.29, 1.82) is 0 Å². The Labute approximate surface area is 79.5 Å². The van der Waals surface area contributed by atoms with Crippen LogP contribution >= 0.6 is 0 Å². The highest BCUT2D eigenvalue weighted by Gasteiger charge is 2.12. The standard InChI is InChI=1S/C10H18O3/c1-4-8(3)6-9(11)7-10(12)13-5-2/h8H,4-7H2,1-3H3. The average molecular weight is 186 g/mol. The van der Waals surface area contributed by atoms with E-state index < -0.39 is 5.97 Å². The zero-order valence-electron chi connectivity index (χ0n) is 8.63. The topological polar surface area (TPSA) is 43.4 Å². The van der Waals surface area contributed by atoms with Crippen LogP contribution in [-0.2, 0) is 14.3 Å². The molecule has 0 spiro atoms. The molecule has 0 rings (SSSR count). The van der Waals surface area contributed by atoms with Crippen molar-refractivity contribution < 1.29 is 14.3 Å². The van der Waals surface area contributed by atoms with E-state index in [1.807, 2.05) is 13.8 Å². The highest BCUT2D eigenvalue weighted by atomic mass is 16.5. The molecule has 3 nitrogen and oxygen atoms in total. The smallest absolute Gasteiger partial charge is 0.313 e. The molecule has 0 aliphatic heterocycles. The SMILES string of the molecule is CCOC(=O)CC(=O)CC(C)CC. The van der Waals surface area contributed by atoms with Crippen LogP contribution in [0.5, 0.6) is 0 Å². The van der Waals surface area contributed by atoms with Crippen LogP contribution in [0, 0.1) is 5.92 Å². The summed E-state index contributed by atoms with van der Waals surface area (Å²) in [7, 11) is 0. The van der Waals surface area contributed by atoms with Gasteiger partial charge in [0.25, 0.3) is 0 Å². The molecule has 0 aromatic heterocycles. The van der Waals surface area contributed by atoms with Crippen LogP contribution < -0.4 is 0 Å². The van der Waals surface area contributed by atoms with Crippen LogP contribution in [0.4, 0.5) is 0 Å². The van der Waals surface area contributed by atoms with Gasteiger partial charge in [0.2, 0.25) is 0 Å². The summed E-state index contributed by atoms with van der Waals surface area (Å²) in [5.41, 5.74) is 0. The van der Waals surface area contributed by atoms with Crippen molar-refractivity contribution in [3.63, 3.8) is 0 Å². The molecule has 0 aromatic carbocycles. The van der Waals surface area contributed by atoms with E-state index in [1.165, 1.54) is 0 Å². The number of ether oxygens (including phenoxy) is 1. The van der Waals surface area contributed by atoms with Gasteiger partial charge < -0.3 is 4.74 Å². The first-order valence-corrected chi connectivity index (χ1v) is 4.77. The summed E-state index contributed by atoms with van der Waals surface area (Å²) < 4.78 is 4.67. The highest BCUT2D eigenvalue weighted by Crippen LogP contribution is 2.08. The van der Waals surface area contributed by atoms with E-state index >= 15 is 0 Å². The van der Waals surface area contributed by atoms with Crippen LogP contribution in [0.25, 0.3) is 0 Å². The summed E-state index contributed by atoms with van der Waals surface area (Å²) in [4.78, 5) is 22.1. The molecule has 1 unspecified atom stereocenters. The minimum absolute atomic E-state index is 0.0206. The maximum absolute atomic E-state index is 11.2. The van der Waals surface area contributed by atoms with Crippen LogP contribution in [0.15, 0.2) is 0 Å². The molecule has 0 saturated carbocycles. The number of rotatable bonds is 6. The Balaban J connectivity index is 3.67. The van der Waals surface area contributed by atoms with Gasteiger partial charge in [-0.2, -0.15) is 0 Å². The first-order valence-electron chi connectivity index (χ1n) is 4.77. The molecule has 0 aliphatic carbocycles. The Kier molecular flexibility index (Phi) is 6.20. The van der Waals surface area contributed by atoms with Crippen molar-refractivity contribution in [1.82, 2.24) is 0 Å². The molecule has 3 heteroatoms. The first-order chi connectivity index (χ1) is 6.10. The molecular weight excluding hydrogens is 168 g/mol. The fourth-order valence-electron chi connectivity index (χ4n) is 0.978. The van der Waals surface area contributed by atoms with E-state index in [4.69, 9.17) is 0 Å².